The maximum Gasteiger partial charge on any atom is 0.416 e. The molecule has 34 heavy (non-hydrogen) atoms. The molecule has 8 heteroatoms. The van der Waals surface area contributed by atoms with E-state index in [4.69, 9.17) is 0 Å². The van der Waals surface area contributed by atoms with Crippen LogP contribution >= 0.6 is 0 Å². The molecule has 2 aromatic carbocycles. The van der Waals surface area contributed by atoms with Crippen molar-refractivity contribution in [3.05, 3.63) is 107 Å². The lowest BCUT2D eigenvalue weighted by Gasteiger charge is -2.14. The summed E-state index contributed by atoms with van der Waals surface area (Å²) < 4.78 is 54.4. The molecule has 4 nitrogen and oxygen atoms in total. The molecule has 0 bridgehead atoms. The monoisotopic (exact) mass is 468 g/mol. The lowest BCUT2D eigenvalue weighted by Crippen LogP contribution is -2.30. The van der Waals surface area contributed by atoms with E-state index >= 15 is 0 Å². The first kappa shape index (κ1) is 23.2. The van der Waals surface area contributed by atoms with Gasteiger partial charge in [0.25, 0.3) is 0 Å². The van der Waals surface area contributed by atoms with Crippen LogP contribution in [0.5, 0.6) is 0 Å². The molecule has 0 aromatic heterocycles. The van der Waals surface area contributed by atoms with Gasteiger partial charge in [-0.05, 0) is 53.1 Å². The summed E-state index contributed by atoms with van der Waals surface area (Å²) in [5.41, 5.74) is 0.863. The highest BCUT2D eigenvalue weighted by atomic mass is 19.4. The molecule has 174 valence electrons. The topological polar surface area (TPSA) is 58.2 Å². The van der Waals surface area contributed by atoms with Crippen LogP contribution in [0.15, 0.2) is 84.1 Å². The van der Waals surface area contributed by atoms with Crippen LogP contribution in [-0.2, 0) is 15.8 Å². The fourth-order valence-electron chi connectivity index (χ4n) is 3.74. The quantitative estimate of drug-likeness (QED) is 0.620. The lowest BCUT2D eigenvalue weighted by molar-refractivity contribution is -0.137. The van der Waals surface area contributed by atoms with Gasteiger partial charge < -0.3 is 10.6 Å². The number of halogens is 4. The van der Waals surface area contributed by atoms with Gasteiger partial charge in [0.05, 0.1) is 11.5 Å². The molecule has 2 aromatic rings. The fourth-order valence-corrected chi connectivity index (χ4v) is 3.74. The molecule has 0 spiro atoms. The molecule has 0 radical (unpaired) electrons. The minimum Gasteiger partial charge on any atom is -0.355 e. The molecule has 1 aliphatic heterocycles. The van der Waals surface area contributed by atoms with E-state index in [1.165, 1.54) is 24.3 Å². The van der Waals surface area contributed by atoms with E-state index in [9.17, 15) is 27.2 Å². The highest BCUT2D eigenvalue weighted by Gasteiger charge is 2.31. The average Bonchev–Trinajstić information content (AvgIpc) is 3.14. The van der Waals surface area contributed by atoms with Crippen molar-refractivity contribution in [2.24, 2.45) is 5.92 Å². The number of alkyl halides is 3. The highest BCUT2D eigenvalue weighted by Crippen LogP contribution is 2.34. The summed E-state index contributed by atoms with van der Waals surface area (Å²) in [4.78, 5) is 24.0. The van der Waals surface area contributed by atoms with Crippen LogP contribution < -0.4 is 10.6 Å². The molecule has 1 fully saturated rings. The van der Waals surface area contributed by atoms with Crippen molar-refractivity contribution in [1.29, 1.82) is 0 Å². The smallest absolute Gasteiger partial charge is 0.355 e. The van der Waals surface area contributed by atoms with Crippen LogP contribution in [0.4, 0.5) is 17.6 Å². The number of nitrogens with one attached hydrogen (secondary N) is 2. The number of amides is 2. The van der Waals surface area contributed by atoms with E-state index in [1.54, 1.807) is 42.5 Å². The Morgan fingerprint density at radius 2 is 1.91 bits per heavy atom. The van der Waals surface area contributed by atoms with Crippen LogP contribution in [-0.4, -0.2) is 18.4 Å². The highest BCUT2D eigenvalue weighted by molar-refractivity contribution is 5.93. The Kier molecular flexibility index (Phi) is 6.49. The van der Waals surface area contributed by atoms with Gasteiger partial charge in [-0.15, -0.1) is 0 Å². The van der Waals surface area contributed by atoms with Crippen LogP contribution in [0.1, 0.15) is 23.1 Å². The van der Waals surface area contributed by atoms with Gasteiger partial charge in [-0.25, -0.2) is 4.39 Å². The van der Waals surface area contributed by atoms with Crippen molar-refractivity contribution in [1.82, 2.24) is 10.6 Å². The molecular formula is C26H20F4N2O2. The van der Waals surface area contributed by atoms with E-state index in [2.05, 4.69) is 10.6 Å². The SMILES string of the molecule is O=C1C[C@@H](C(=O)NC2=CC=CC(=Cc3ccccc3F)C(c3cccc(C(F)(F)F)c3)=C2)CN1. The minimum atomic E-state index is -4.54. The van der Waals surface area contributed by atoms with Gasteiger partial charge in [0.2, 0.25) is 11.8 Å². The van der Waals surface area contributed by atoms with E-state index in [-0.39, 0.29) is 35.9 Å². The average molecular weight is 468 g/mol. The molecule has 0 saturated carbocycles. The Balaban J connectivity index is 1.75. The maximum atomic E-state index is 14.3. The number of hydrogen-bond acceptors (Lipinski definition) is 2. The van der Waals surface area contributed by atoms with Crippen LogP contribution in [0.25, 0.3) is 11.6 Å². The van der Waals surface area contributed by atoms with Crippen molar-refractivity contribution in [2.75, 3.05) is 6.54 Å². The van der Waals surface area contributed by atoms with Crippen LogP contribution in [0, 0.1) is 11.7 Å². The predicted molar refractivity (Wildman–Crippen MR) is 120 cm³/mol. The van der Waals surface area contributed by atoms with Gasteiger partial charge >= 0.3 is 6.18 Å². The third kappa shape index (κ3) is 5.33. The molecule has 1 aliphatic carbocycles. The summed E-state index contributed by atoms with van der Waals surface area (Å²) in [6.07, 6.45) is 3.47. The summed E-state index contributed by atoms with van der Waals surface area (Å²) in [6.45, 7) is 0.219. The third-order valence-corrected chi connectivity index (χ3v) is 5.50. The zero-order chi connectivity index (χ0) is 24.3. The Morgan fingerprint density at radius 1 is 1.12 bits per heavy atom. The molecule has 4 rings (SSSR count). The number of carbonyl (C=O) groups is 2. The zero-order valence-corrected chi connectivity index (χ0v) is 17.8. The zero-order valence-electron chi connectivity index (χ0n) is 17.8. The Hall–Kier alpha value is -3.94. The van der Waals surface area contributed by atoms with Crippen molar-refractivity contribution in [3.63, 3.8) is 0 Å². The normalized spacial score (nSPS) is 19.4. The Morgan fingerprint density at radius 3 is 2.62 bits per heavy atom. The van der Waals surface area contributed by atoms with Crippen molar-refractivity contribution in [3.8, 4) is 0 Å². The number of benzene rings is 2. The molecule has 2 amide bonds. The van der Waals surface area contributed by atoms with Crippen molar-refractivity contribution in [2.45, 2.75) is 12.6 Å². The van der Waals surface area contributed by atoms with Gasteiger partial charge in [-0.3, -0.25) is 9.59 Å². The summed E-state index contributed by atoms with van der Waals surface area (Å²) in [7, 11) is 0. The molecule has 0 unspecified atom stereocenters. The maximum absolute atomic E-state index is 14.3. The lowest BCUT2D eigenvalue weighted by atomic mass is 9.94. The van der Waals surface area contributed by atoms with E-state index < -0.39 is 23.5 Å². The first-order valence-corrected chi connectivity index (χ1v) is 10.5. The summed E-state index contributed by atoms with van der Waals surface area (Å²) in [5, 5.41) is 5.34. The van der Waals surface area contributed by atoms with Crippen LogP contribution in [0.3, 0.4) is 0 Å². The van der Waals surface area contributed by atoms with Gasteiger partial charge in [0.15, 0.2) is 0 Å². The van der Waals surface area contributed by atoms with Gasteiger partial charge in [-0.1, -0.05) is 42.5 Å². The molecular weight excluding hydrogens is 448 g/mol. The second kappa shape index (κ2) is 9.51. The first-order valence-electron chi connectivity index (χ1n) is 10.5. The third-order valence-electron chi connectivity index (χ3n) is 5.50. The van der Waals surface area contributed by atoms with Crippen LogP contribution in [0.2, 0.25) is 0 Å². The van der Waals surface area contributed by atoms with Crippen molar-refractivity contribution >= 4 is 23.5 Å². The Labute approximate surface area is 193 Å². The van der Waals surface area contributed by atoms with E-state index in [0.29, 0.717) is 16.8 Å². The minimum absolute atomic E-state index is 0.0671. The molecule has 1 saturated heterocycles. The predicted octanol–water partition coefficient (Wildman–Crippen LogP) is 5.02. The molecule has 2 N–H and O–H groups in total. The van der Waals surface area contributed by atoms with Gasteiger partial charge in [0.1, 0.15) is 5.82 Å². The largest absolute Gasteiger partial charge is 0.416 e. The standard InChI is InChI=1S/C26H20F4N2O2/c27-23-10-2-1-5-18(23)11-16-7-4-9-21(32-25(34)19-13-24(33)31-15-19)14-22(16)17-6-3-8-20(12-17)26(28,29)30/h1-12,14,19H,13,15H2,(H,31,33)(H,32,34)/t19-/m1/s1. The number of rotatable bonds is 4. The summed E-state index contributed by atoms with van der Waals surface area (Å²) in [5.74, 6) is -1.61. The number of hydrogen-bond donors (Lipinski definition) is 2. The number of carbonyl (C=O) groups excluding carboxylic acids is 2. The second-order valence-corrected chi connectivity index (χ2v) is 7.93. The van der Waals surface area contributed by atoms with E-state index in [1.807, 2.05) is 0 Å². The summed E-state index contributed by atoms with van der Waals surface area (Å²) >= 11 is 0. The summed E-state index contributed by atoms with van der Waals surface area (Å²) in [6, 6.07) is 10.9. The Bertz CT molecular complexity index is 1260. The fraction of sp³-hybridized carbons (Fsp3) is 0.154. The molecule has 1 atom stereocenters. The van der Waals surface area contributed by atoms with Crippen molar-refractivity contribution < 1.29 is 27.2 Å². The molecule has 1 heterocycles. The van der Waals surface area contributed by atoms with Gasteiger partial charge in [-0.2, -0.15) is 13.2 Å². The molecule has 2 aliphatic rings. The first-order chi connectivity index (χ1) is 16.2. The second-order valence-electron chi connectivity index (χ2n) is 7.93. The van der Waals surface area contributed by atoms with Gasteiger partial charge in [0, 0.05) is 24.2 Å². The van der Waals surface area contributed by atoms with E-state index in [0.717, 1.165) is 12.1 Å². The number of allylic oxidation sites excluding steroid dienone is 6.